The molecule has 0 bridgehead atoms. The molecule has 1 N–H and O–H groups in total. The van der Waals surface area contributed by atoms with Crippen molar-refractivity contribution in [1.82, 2.24) is 0 Å². The number of hydrogen-bond acceptors (Lipinski definition) is 5. The lowest BCUT2D eigenvalue weighted by Gasteiger charge is -2.47. The molecule has 260 valence electrons. The maximum Gasteiger partial charge on any atom is 0.338 e. The zero-order valence-electron chi connectivity index (χ0n) is 30.1. The Morgan fingerprint density at radius 3 is 1.22 bits per heavy atom. The van der Waals surface area contributed by atoms with Crippen LogP contribution >= 0.6 is 0 Å². The zero-order chi connectivity index (χ0) is 35.8. The highest BCUT2D eigenvalue weighted by Crippen LogP contribution is 2.39. The summed E-state index contributed by atoms with van der Waals surface area (Å²) in [7, 11) is -6.20. The zero-order valence-corrected chi connectivity index (χ0v) is 32.1. The van der Waals surface area contributed by atoms with Gasteiger partial charge < -0.3 is 18.7 Å². The van der Waals surface area contributed by atoms with E-state index in [0.717, 1.165) is 20.7 Å². The van der Waals surface area contributed by atoms with E-state index in [2.05, 4.69) is 90.1 Å². The van der Waals surface area contributed by atoms with E-state index >= 15 is 0 Å². The van der Waals surface area contributed by atoms with Gasteiger partial charge >= 0.3 is 5.97 Å². The number of carbonyl (C=O) groups is 1. The summed E-state index contributed by atoms with van der Waals surface area (Å²) in [6.07, 6.45) is -1.83. The normalized spacial score (nSPS) is 13.7. The fraction of sp³-hybridized carbons (Fsp3) is 0.279. The predicted octanol–water partition coefficient (Wildman–Crippen LogP) is 6.73. The van der Waals surface area contributed by atoms with Crippen molar-refractivity contribution < 1.29 is 23.5 Å². The highest BCUT2D eigenvalue weighted by Gasteiger charge is 2.54. The molecular formula is C43H50O5Si2. The van der Waals surface area contributed by atoms with Gasteiger partial charge in [-0.3, -0.25) is 0 Å². The molecule has 5 nitrogen and oxygen atoms in total. The maximum atomic E-state index is 13.8. The van der Waals surface area contributed by atoms with Crippen molar-refractivity contribution in [2.75, 3.05) is 13.2 Å². The van der Waals surface area contributed by atoms with Crippen molar-refractivity contribution in [3.05, 3.63) is 157 Å². The Bertz CT molecular complexity index is 1690. The monoisotopic (exact) mass is 702 g/mol. The molecule has 0 amide bonds. The van der Waals surface area contributed by atoms with Crippen molar-refractivity contribution in [1.29, 1.82) is 0 Å². The number of hydrogen-bond donors (Lipinski definition) is 1. The van der Waals surface area contributed by atoms with Crippen LogP contribution in [0.5, 0.6) is 0 Å². The largest absolute Gasteiger partial charge is 0.454 e. The van der Waals surface area contributed by atoms with Gasteiger partial charge in [0.2, 0.25) is 0 Å². The molecule has 2 atom stereocenters. The smallest absolute Gasteiger partial charge is 0.338 e. The molecule has 0 fully saturated rings. The molecule has 0 aromatic heterocycles. The Hall–Kier alpha value is -4.12. The molecule has 0 aliphatic carbocycles. The first-order chi connectivity index (χ1) is 23.9. The van der Waals surface area contributed by atoms with Gasteiger partial charge in [0.15, 0.2) is 6.10 Å². The van der Waals surface area contributed by atoms with Crippen LogP contribution in [0.25, 0.3) is 0 Å². The summed E-state index contributed by atoms with van der Waals surface area (Å²) in [4.78, 5) is 13.8. The molecule has 5 rings (SSSR count). The quantitative estimate of drug-likeness (QED) is 0.109. The van der Waals surface area contributed by atoms with Gasteiger partial charge in [-0.05, 0) is 43.0 Å². The van der Waals surface area contributed by atoms with Crippen LogP contribution in [0.2, 0.25) is 10.1 Å². The third-order valence-corrected chi connectivity index (χ3v) is 19.6. The van der Waals surface area contributed by atoms with E-state index in [0.29, 0.717) is 5.56 Å². The summed E-state index contributed by atoms with van der Waals surface area (Å²) in [5, 5.41) is 15.0. The van der Waals surface area contributed by atoms with Gasteiger partial charge in [-0.1, -0.05) is 181 Å². The van der Waals surface area contributed by atoms with Gasteiger partial charge in [0, 0.05) is 0 Å². The Morgan fingerprint density at radius 2 is 0.880 bits per heavy atom. The highest BCUT2D eigenvalue weighted by atomic mass is 28.4. The van der Waals surface area contributed by atoms with Gasteiger partial charge in [-0.25, -0.2) is 4.79 Å². The van der Waals surface area contributed by atoms with E-state index < -0.39 is 34.8 Å². The second kappa shape index (κ2) is 15.8. The van der Waals surface area contributed by atoms with Crippen LogP contribution in [0.3, 0.4) is 0 Å². The highest BCUT2D eigenvalue weighted by molar-refractivity contribution is 7.00. The van der Waals surface area contributed by atoms with Gasteiger partial charge in [-0.15, -0.1) is 0 Å². The van der Waals surface area contributed by atoms with E-state index in [-0.39, 0.29) is 23.3 Å². The second-order valence-electron chi connectivity index (χ2n) is 14.8. The number of esters is 1. The summed E-state index contributed by atoms with van der Waals surface area (Å²) in [5.41, 5.74) is 0.421. The number of benzene rings is 5. The molecule has 0 aliphatic rings. The van der Waals surface area contributed by atoms with Crippen LogP contribution in [-0.2, 0) is 13.6 Å². The predicted molar refractivity (Wildman–Crippen MR) is 209 cm³/mol. The molecule has 50 heavy (non-hydrogen) atoms. The lowest BCUT2D eigenvalue weighted by atomic mass is 10.2. The minimum atomic E-state index is -3.16. The van der Waals surface area contributed by atoms with Crippen molar-refractivity contribution in [2.45, 2.75) is 63.8 Å². The number of aliphatic hydroxyl groups is 1. The Kier molecular flexibility index (Phi) is 11.8. The summed E-state index contributed by atoms with van der Waals surface area (Å²) in [6.45, 7) is 12.9. The molecule has 0 heterocycles. The lowest BCUT2D eigenvalue weighted by molar-refractivity contribution is -0.0473. The Labute approximate surface area is 300 Å². The molecule has 0 saturated heterocycles. The fourth-order valence-corrected chi connectivity index (χ4v) is 16.4. The number of rotatable bonds is 13. The third kappa shape index (κ3) is 7.62. The fourth-order valence-electron chi connectivity index (χ4n) is 7.11. The average Bonchev–Trinajstić information content (AvgIpc) is 3.13. The van der Waals surface area contributed by atoms with Gasteiger partial charge in [-0.2, -0.15) is 0 Å². The number of ether oxygens (including phenoxy) is 1. The molecule has 0 unspecified atom stereocenters. The summed E-state index contributed by atoms with van der Waals surface area (Å²) in [6, 6.07) is 50.3. The van der Waals surface area contributed by atoms with Crippen LogP contribution in [0.4, 0.5) is 0 Å². The first-order valence-corrected chi connectivity index (χ1v) is 21.2. The third-order valence-electron chi connectivity index (χ3n) is 9.49. The van der Waals surface area contributed by atoms with Crippen molar-refractivity contribution in [2.24, 2.45) is 0 Å². The number of carbonyl (C=O) groups excluding carboxylic acids is 1. The van der Waals surface area contributed by atoms with Crippen LogP contribution in [-0.4, -0.2) is 53.1 Å². The molecule has 5 aromatic rings. The standard InChI is InChI=1S/C43H50O5Si2/c1-42(2,3)49(35-24-14-8-15-25-35,36-26-16-9-17-27-36)46-33-40(47-41(45)34-22-12-7-13-23-34)39(32-44)48-50(43(4,5)6,37-28-18-10-19-29-37)38-30-20-11-21-31-38/h7-31,39-40,44H,32-33H2,1-6H3/t39-,40+/m1/s1. The molecule has 0 spiro atoms. The van der Waals surface area contributed by atoms with E-state index in [1.165, 1.54) is 0 Å². The van der Waals surface area contributed by atoms with Gasteiger partial charge in [0.05, 0.1) is 18.8 Å². The molecule has 7 heteroatoms. The molecule has 0 saturated carbocycles. The minimum Gasteiger partial charge on any atom is -0.454 e. The number of aliphatic hydroxyl groups excluding tert-OH is 1. The Balaban J connectivity index is 1.65. The second-order valence-corrected chi connectivity index (χ2v) is 23.3. The van der Waals surface area contributed by atoms with Crippen LogP contribution in [0.1, 0.15) is 51.9 Å². The molecule has 0 aliphatic heterocycles. The molecule has 5 aromatic carbocycles. The first kappa shape index (κ1) is 37.1. The summed E-state index contributed by atoms with van der Waals surface area (Å²) >= 11 is 0. The van der Waals surface area contributed by atoms with Gasteiger partial charge in [0.1, 0.15) is 6.10 Å². The molecule has 0 radical (unpaired) electrons. The van der Waals surface area contributed by atoms with Gasteiger partial charge in [0.25, 0.3) is 16.6 Å². The van der Waals surface area contributed by atoms with E-state index in [1.807, 2.05) is 91.0 Å². The van der Waals surface area contributed by atoms with Crippen LogP contribution in [0.15, 0.2) is 152 Å². The first-order valence-electron chi connectivity index (χ1n) is 17.3. The minimum absolute atomic E-state index is 0.0231. The van der Waals surface area contributed by atoms with Crippen molar-refractivity contribution >= 4 is 43.4 Å². The van der Waals surface area contributed by atoms with E-state index in [9.17, 15) is 9.90 Å². The topological polar surface area (TPSA) is 65.0 Å². The van der Waals surface area contributed by atoms with Crippen LogP contribution in [0, 0.1) is 0 Å². The van der Waals surface area contributed by atoms with E-state index in [4.69, 9.17) is 13.6 Å². The lowest BCUT2D eigenvalue weighted by Crippen LogP contribution is -2.70. The Morgan fingerprint density at radius 1 is 0.540 bits per heavy atom. The summed E-state index contributed by atoms with van der Waals surface area (Å²) in [5.74, 6) is -0.494. The van der Waals surface area contributed by atoms with E-state index in [1.54, 1.807) is 12.1 Å². The average molecular weight is 703 g/mol. The van der Waals surface area contributed by atoms with Crippen molar-refractivity contribution in [3.63, 3.8) is 0 Å². The SMILES string of the molecule is CC(C)(C)[Si](OC[C@H](OC(=O)c1ccccc1)[C@@H](CO)O[Si](c1ccccc1)(c1ccccc1)C(C)(C)C)(c1ccccc1)c1ccccc1. The summed E-state index contributed by atoms with van der Waals surface area (Å²) < 4.78 is 21.2. The molecular weight excluding hydrogens is 653 g/mol. The van der Waals surface area contributed by atoms with Crippen molar-refractivity contribution in [3.8, 4) is 0 Å². The maximum absolute atomic E-state index is 13.8. The van der Waals surface area contributed by atoms with Crippen LogP contribution < -0.4 is 20.7 Å².